The Morgan fingerprint density at radius 1 is 1.04 bits per heavy atom. The second-order valence-electron chi connectivity index (χ2n) is 18.9. The molecule has 0 bridgehead atoms. The second-order valence-corrected chi connectivity index (χ2v) is 19.7. The lowest BCUT2D eigenvalue weighted by Gasteiger charge is -2.42. The number of β-amino-alcohol motifs (C(OH)–C–C–N with tert-alkyl or cyclic N) is 1. The van der Waals surface area contributed by atoms with Crippen molar-refractivity contribution in [3.8, 4) is 21.9 Å². The van der Waals surface area contributed by atoms with Gasteiger partial charge in [-0.15, -0.1) is 16.3 Å². The predicted molar refractivity (Wildman–Crippen MR) is 258 cm³/mol. The van der Waals surface area contributed by atoms with Crippen molar-refractivity contribution in [3.05, 3.63) is 106 Å². The summed E-state index contributed by atoms with van der Waals surface area (Å²) in [7, 11) is 1.54. The van der Waals surface area contributed by atoms with Crippen LogP contribution in [0.25, 0.3) is 21.0 Å². The summed E-state index contributed by atoms with van der Waals surface area (Å²) in [5.41, 5.74) is 6.74. The number of hydrogen-bond acceptors (Lipinski definition) is 12. The molecular formula is C50H59N11O6S. The highest BCUT2D eigenvalue weighted by Gasteiger charge is 2.45. The number of aliphatic hydroxyl groups is 1. The van der Waals surface area contributed by atoms with Crippen molar-refractivity contribution in [1.82, 2.24) is 45.4 Å². The molecule has 18 heteroatoms. The number of anilines is 1. The number of carbonyl (C=O) groups excluding carboxylic acids is 4. The zero-order valence-corrected chi connectivity index (χ0v) is 40.2. The first-order chi connectivity index (χ1) is 32.7. The van der Waals surface area contributed by atoms with Gasteiger partial charge in [-0.2, -0.15) is 0 Å². The summed E-state index contributed by atoms with van der Waals surface area (Å²) in [4.78, 5) is 81.6. The normalized spacial score (nSPS) is 18.4. The molecule has 0 spiro atoms. The summed E-state index contributed by atoms with van der Waals surface area (Å²) in [6, 6.07) is 11.3. The molecule has 3 aliphatic rings. The number of carbonyl (C=O) groups is 4. The van der Waals surface area contributed by atoms with Crippen molar-refractivity contribution in [1.29, 1.82) is 0 Å². The average Bonchev–Trinajstić information content (AvgIpc) is 4.17. The lowest BCUT2D eigenvalue weighted by atomic mass is 9.85. The second kappa shape index (κ2) is 20.3. The smallest absolute Gasteiger partial charge is 0.293 e. The number of rotatable bonds is 15. The zero-order chi connectivity index (χ0) is 48.3. The van der Waals surface area contributed by atoms with Crippen LogP contribution in [-0.2, 0) is 27.3 Å². The number of fused-ring (bicyclic) bond motifs is 3. The molecule has 356 valence electrons. The summed E-state index contributed by atoms with van der Waals surface area (Å²) < 4.78 is 7.71. The van der Waals surface area contributed by atoms with Crippen molar-refractivity contribution in [3.63, 3.8) is 0 Å². The number of nitrogens with zero attached hydrogens (tertiary/aromatic N) is 8. The van der Waals surface area contributed by atoms with E-state index in [1.54, 1.807) is 36.0 Å². The van der Waals surface area contributed by atoms with E-state index in [2.05, 4.69) is 42.6 Å². The highest BCUT2D eigenvalue weighted by molar-refractivity contribution is 7.13. The maximum atomic E-state index is 14.1. The van der Waals surface area contributed by atoms with E-state index in [1.165, 1.54) is 12.0 Å². The number of benzene rings is 2. The van der Waals surface area contributed by atoms with E-state index in [9.17, 15) is 24.3 Å². The number of imidazole rings is 1. The Morgan fingerprint density at radius 3 is 2.49 bits per heavy atom. The summed E-state index contributed by atoms with van der Waals surface area (Å²) in [6.45, 7) is 17.5. The van der Waals surface area contributed by atoms with E-state index in [-0.39, 0.29) is 38.5 Å². The molecule has 5 aromatic rings. The minimum Gasteiger partial charge on any atom is -0.496 e. The molecule has 4 N–H and O–H groups in total. The zero-order valence-electron chi connectivity index (χ0n) is 39.4. The molecule has 1 saturated carbocycles. The van der Waals surface area contributed by atoms with Crippen LogP contribution in [-0.4, -0.2) is 103 Å². The fourth-order valence-corrected chi connectivity index (χ4v) is 10.5. The van der Waals surface area contributed by atoms with Crippen LogP contribution >= 0.6 is 11.3 Å². The van der Waals surface area contributed by atoms with Gasteiger partial charge < -0.3 is 40.4 Å². The molecule has 1 saturated heterocycles. The third-order valence-corrected chi connectivity index (χ3v) is 14.2. The molecule has 0 unspecified atom stereocenters. The number of hydrogen-bond donors (Lipinski definition) is 4. The SMILES string of the molecule is [C-]#[N+]c1ncn2c1[C@@H](CC)N(C1CCCC1)c1nc(Cc3ccc(C(=O)NCCC(=O)N[C@H](C(=O)N4C[C@H](O)C[C@H]4C(=O)NCc4ccc(-c5scnc5C)cc4)C(C)(C)C)cc3OC)ncc1-2. The molecule has 2 fully saturated rings. The standard InChI is InChI=1S/C50H59N11O6S/c1-8-36-42-45(51-6)55-27-60(42)38-25-53-40(57-46(38)61(36)34-11-9-10-12-34)22-32-17-18-33(21-39(32)67-7)47(64)52-20-19-41(63)58-44(50(3,4)5)49(66)59-26-35(62)23-37(59)48(65)54-24-30-13-15-31(16-14-30)43-29(2)56-28-68-43/h13-18,21,25,27-28,34-37,44,62H,8-12,19-20,22-24,26H2,1-5,7H3,(H,52,64)(H,54,65)(H,58,63)/t35-,36-,37+,44-/m1/s1. The topological polar surface area (TPSA) is 201 Å². The van der Waals surface area contributed by atoms with E-state index >= 15 is 0 Å². The molecule has 0 radical (unpaired) electrons. The minimum absolute atomic E-state index is 0.00668. The van der Waals surface area contributed by atoms with E-state index in [0.29, 0.717) is 35.4 Å². The van der Waals surface area contributed by atoms with Crippen LogP contribution in [0, 0.1) is 18.9 Å². The summed E-state index contributed by atoms with van der Waals surface area (Å²) in [6.07, 6.45) is 8.08. The van der Waals surface area contributed by atoms with Crippen molar-refractivity contribution < 1.29 is 29.0 Å². The lowest BCUT2D eigenvalue weighted by molar-refractivity contribution is -0.144. The Labute approximate surface area is 400 Å². The van der Waals surface area contributed by atoms with Crippen LogP contribution < -0.4 is 25.6 Å². The lowest BCUT2D eigenvalue weighted by Crippen LogP contribution is -2.57. The quantitative estimate of drug-likeness (QED) is 0.0849. The van der Waals surface area contributed by atoms with Crippen LogP contribution in [0.5, 0.6) is 5.75 Å². The van der Waals surface area contributed by atoms with Crippen LogP contribution in [0.3, 0.4) is 0 Å². The number of aryl methyl sites for hydroxylation is 1. The number of aliphatic hydroxyl groups excluding tert-OH is 1. The van der Waals surface area contributed by atoms with Crippen molar-refractivity contribution in [2.24, 2.45) is 5.41 Å². The van der Waals surface area contributed by atoms with Crippen molar-refractivity contribution in [2.75, 3.05) is 25.1 Å². The van der Waals surface area contributed by atoms with Gasteiger partial charge in [0.25, 0.3) is 11.7 Å². The molecule has 5 heterocycles. The molecule has 2 aliphatic heterocycles. The molecule has 68 heavy (non-hydrogen) atoms. The molecule has 4 atom stereocenters. The van der Waals surface area contributed by atoms with E-state index in [4.69, 9.17) is 21.3 Å². The highest BCUT2D eigenvalue weighted by Crippen LogP contribution is 2.46. The molecule has 8 rings (SSSR count). The molecule has 3 aromatic heterocycles. The van der Waals surface area contributed by atoms with Crippen LogP contribution in [0.4, 0.5) is 11.6 Å². The van der Waals surface area contributed by atoms with E-state index in [0.717, 1.165) is 76.6 Å². The van der Waals surface area contributed by atoms with Crippen LogP contribution in [0.15, 0.2) is 60.5 Å². The Bertz CT molecular complexity index is 2720. The third kappa shape index (κ3) is 9.95. The van der Waals surface area contributed by atoms with Crippen LogP contribution in [0.2, 0.25) is 0 Å². The summed E-state index contributed by atoms with van der Waals surface area (Å²) in [5.74, 6) is 0.575. The Morgan fingerprint density at radius 2 is 1.81 bits per heavy atom. The molecule has 4 amide bonds. The van der Waals surface area contributed by atoms with Gasteiger partial charge in [-0.1, -0.05) is 77.4 Å². The first kappa shape index (κ1) is 47.8. The van der Waals surface area contributed by atoms with E-state index in [1.807, 2.05) is 68.1 Å². The van der Waals surface area contributed by atoms with Gasteiger partial charge >= 0.3 is 0 Å². The van der Waals surface area contributed by atoms with Gasteiger partial charge in [0.2, 0.25) is 17.7 Å². The van der Waals surface area contributed by atoms with Gasteiger partial charge in [-0.25, -0.2) is 15.0 Å². The fraction of sp³-hybridized carbons (Fsp3) is 0.460. The summed E-state index contributed by atoms with van der Waals surface area (Å²) >= 11 is 1.57. The van der Waals surface area contributed by atoms with Crippen LogP contribution in [0.1, 0.15) is 117 Å². The average molecular weight is 942 g/mol. The monoisotopic (exact) mass is 941 g/mol. The van der Waals surface area contributed by atoms with E-state index < -0.39 is 47.2 Å². The fourth-order valence-electron chi connectivity index (χ4n) is 9.67. The Balaban J connectivity index is 0.872. The van der Waals surface area contributed by atoms with Crippen molar-refractivity contribution in [2.45, 2.75) is 123 Å². The Hall–Kier alpha value is -6.71. The number of amides is 4. The third-order valence-electron chi connectivity index (χ3n) is 13.2. The molecule has 2 aromatic carbocycles. The number of likely N-dealkylation sites (tertiary alicyclic amines) is 1. The van der Waals surface area contributed by atoms with Gasteiger partial charge in [0, 0.05) is 56.1 Å². The molecule has 17 nitrogen and oxygen atoms in total. The highest BCUT2D eigenvalue weighted by atomic mass is 32.1. The predicted octanol–water partition coefficient (Wildman–Crippen LogP) is 6.39. The first-order valence-electron chi connectivity index (χ1n) is 23.3. The van der Waals surface area contributed by atoms with Gasteiger partial charge in [0.1, 0.15) is 29.3 Å². The maximum absolute atomic E-state index is 14.1. The van der Waals surface area contributed by atoms with Crippen molar-refractivity contribution >= 4 is 46.6 Å². The first-order valence-corrected chi connectivity index (χ1v) is 24.2. The summed E-state index contributed by atoms with van der Waals surface area (Å²) in [5, 5.41) is 19.2. The van der Waals surface area contributed by atoms with Gasteiger partial charge in [0.05, 0.1) is 47.2 Å². The minimum atomic E-state index is -1.01. The van der Waals surface area contributed by atoms with Gasteiger partial charge in [-0.3, -0.25) is 23.7 Å². The van der Waals surface area contributed by atoms with Gasteiger partial charge in [-0.05, 0) is 54.9 Å². The molecule has 1 aliphatic carbocycles. The number of methoxy groups -OCH3 is 1. The molecular weight excluding hydrogens is 883 g/mol. The number of ether oxygens (including phenoxy) is 1. The Kier molecular flexibility index (Phi) is 14.2. The largest absolute Gasteiger partial charge is 0.496 e. The number of nitrogens with one attached hydrogen (secondary N) is 3. The number of aromatic nitrogens is 5. The van der Waals surface area contributed by atoms with Gasteiger partial charge in [0.15, 0.2) is 12.1 Å². The maximum Gasteiger partial charge on any atom is 0.293 e. The number of thiazole rings is 1.